The van der Waals surface area contributed by atoms with Crippen molar-refractivity contribution in [1.29, 1.82) is 0 Å². The predicted octanol–water partition coefficient (Wildman–Crippen LogP) is 2.26. The van der Waals surface area contributed by atoms with Gasteiger partial charge in [0.25, 0.3) is 0 Å². The third-order valence-electron chi connectivity index (χ3n) is 3.74. The molecule has 1 aromatic carbocycles. The van der Waals surface area contributed by atoms with Crippen LogP contribution in [0, 0.1) is 11.8 Å². The van der Waals surface area contributed by atoms with Gasteiger partial charge in [0, 0.05) is 17.5 Å². The van der Waals surface area contributed by atoms with Crippen molar-refractivity contribution in [2.24, 2.45) is 17.6 Å². The summed E-state index contributed by atoms with van der Waals surface area (Å²) in [5.41, 5.74) is 6.96. The minimum Gasteiger partial charge on any atom is -0.508 e. The second-order valence-electron chi connectivity index (χ2n) is 4.93. The molecule has 1 aliphatic rings. The zero-order chi connectivity index (χ0) is 11.1. The van der Waals surface area contributed by atoms with Crippen molar-refractivity contribution in [1.82, 2.24) is 0 Å². The van der Waals surface area contributed by atoms with Gasteiger partial charge in [0.05, 0.1) is 0 Å². The maximum atomic E-state index is 9.86. The van der Waals surface area contributed by atoms with E-state index in [-0.39, 0.29) is 5.41 Å². The van der Waals surface area contributed by atoms with Crippen LogP contribution in [0.4, 0.5) is 0 Å². The van der Waals surface area contributed by atoms with Crippen LogP contribution in [0.15, 0.2) is 24.3 Å². The third kappa shape index (κ3) is 1.53. The Kier molecular flexibility index (Phi) is 2.47. The minimum absolute atomic E-state index is 0.0412. The zero-order valence-electron chi connectivity index (χ0n) is 9.40. The van der Waals surface area contributed by atoms with Gasteiger partial charge in [0.1, 0.15) is 5.75 Å². The molecule has 0 aromatic heterocycles. The van der Waals surface area contributed by atoms with Gasteiger partial charge in [-0.25, -0.2) is 0 Å². The van der Waals surface area contributed by atoms with E-state index in [1.165, 1.54) is 0 Å². The van der Waals surface area contributed by atoms with Crippen molar-refractivity contribution in [3.63, 3.8) is 0 Å². The monoisotopic (exact) mass is 205 g/mol. The summed E-state index contributed by atoms with van der Waals surface area (Å²) < 4.78 is 0. The molecule has 0 amide bonds. The molecule has 2 atom stereocenters. The molecule has 0 aliphatic heterocycles. The quantitative estimate of drug-likeness (QED) is 0.795. The summed E-state index contributed by atoms with van der Waals surface area (Å²) in [4.78, 5) is 0. The van der Waals surface area contributed by atoms with Gasteiger partial charge in [-0.15, -0.1) is 0 Å². The first-order valence-corrected chi connectivity index (χ1v) is 5.60. The lowest BCUT2D eigenvalue weighted by atomic mass is 9.89. The highest BCUT2D eigenvalue weighted by atomic mass is 16.3. The fraction of sp³-hybridized carbons (Fsp3) is 0.538. The maximum absolute atomic E-state index is 9.86. The number of hydrogen-bond donors (Lipinski definition) is 2. The lowest BCUT2D eigenvalue weighted by Crippen LogP contribution is -2.24. The van der Waals surface area contributed by atoms with E-state index in [2.05, 4.69) is 13.8 Å². The summed E-state index contributed by atoms with van der Waals surface area (Å²) in [7, 11) is 0. The number of nitrogens with two attached hydrogens (primary N) is 1. The summed E-state index contributed by atoms with van der Waals surface area (Å²) in [6.07, 6.45) is 1.11. The number of phenols is 1. The van der Waals surface area contributed by atoms with E-state index in [4.69, 9.17) is 5.73 Å². The largest absolute Gasteiger partial charge is 0.508 e. The Labute approximate surface area is 91.1 Å². The van der Waals surface area contributed by atoms with Gasteiger partial charge in [-0.3, -0.25) is 0 Å². The van der Waals surface area contributed by atoms with E-state index in [1.54, 1.807) is 6.07 Å². The summed E-state index contributed by atoms with van der Waals surface area (Å²) in [6, 6.07) is 7.59. The molecule has 1 aromatic rings. The first kappa shape index (κ1) is 10.5. The van der Waals surface area contributed by atoms with Crippen LogP contribution in [0.25, 0.3) is 0 Å². The lowest BCUT2D eigenvalue weighted by Gasteiger charge is -2.18. The molecule has 0 bridgehead atoms. The smallest absolute Gasteiger partial charge is 0.119 e. The average Bonchev–Trinajstić information content (AvgIpc) is 2.94. The Bertz CT molecular complexity index is 361. The van der Waals surface area contributed by atoms with Crippen LogP contribution in [0.3, 0.4) is 0 Å². The van der Waals surface area contributed by atoms with Crippen molar-refractivity contribution in [2.75, 3.05) is 6.54 Å². The van der Waals surface area contributed by atoms with Crippen LogP contribution < -0.4 is 5.73 Å². The molecule has 1 aliphatic carbocycles. The van der Waals surface area contributed by atoms with Gasteiger partial charge in [-0.05, 0) is 24.3 Å². The van der Waals surface area contributed by atoms with E-state index in [0.29, 0.717) is 24.1 Å². The molecule has 0 saturated heterocycles. The molecule has 82 valence electrons. The molecule has 2 unspecified atom stereocenters. The number of benzene rings is 1. The first-order chi connectivity index (χ1) is 7.12. The number of hydrogen-bond acceptors (Lipinski definition) is 2. The van der Waals surface area contributed by atoms with Gasteiger partial charge in [-0.2, -0.15) is 0 Å². The molecular formula is C13H19NO. The Morgan fingerprint density at radius 1 is 1.47 bits per heavy atom. The average molecular weight is 205 g/mol. The van der Waals surface area contributed by atoms with E-state index >= 15 is 0 Å². The van der Waals surface area contributed by atoms with E-state index in [9.17, 15) is 5.11 Å². The summed E-state index contributed by atoms with van der Waals surface area (Å²) in [5, 5.41) is 9.86. The first-order valence-electron chi connectivity index (χ1n) is 5.60. The molecule has 15 heavy (non-hydrogen) atoms. The molecule has 2 heteroatoms. The number of rotatable bonds is 3. The molecule has 1 saturated carbocycles. The second kappa shape index (κ2) is 3.53. The number of phenolic OH excluding ortho intramolecular Hbond substituents is 1. The highest BCUT2D eigenvalue weighted by Crippen LogP contribution is 2.58. The molecule has 3 N–H and O–H groups in total. The van der Waals surface area contributed by atoms with Crippen molar-refractivity contribution < 1.29 is 5.11 Å². The van der Waals surface area contributed by atoms with Gasteiger partial charge in [0.2, 0.25) is 0 Å². The van der Waals surface area contributed by atoms with Gasteiger partial charge in [-0.1, -0.05) is 32.0 Å². The molecule has 2 rings (SSSR count). The van der Waals surface area contributed by atoms with E-state index in [0.717, 1.165) is 12.0 Å². The second-order valence-corrected chi connectivity index (χ2v) is 4.93. The normalized spacial score (nSPS) is 29.5. The Hall–Kier alpha value is -1.02. The van der Waals surface area contributed by atoms with Gasteiger partial charge < -0.3 is 10.8 Å². The van der Waals surface area contributed by atoms with E-state index < -0.39 is 0 Å². The minimum atomic E-state index is 0.0412. The molecule has 2 nitrogen and oxygen atoms in total. The molecule has 0 radical (unpaired) electrons. The Balaban J connectivity index is 2.34. The topological polar surface area (TPSA) is 46.2 Å². The fourth-order valence-electron chi connectivity index (χ4n) is 2.76. The summed E-state index contributed by atoms with van der Waals surface area (Å²) in [6.45, 7) is 5.08. The van der Waals surface area contributed by atoms with Crippen molar-refractivity contribution in [2.45, 2.75) is 25.7 Å². The Morgan fingerprint density at radius 3 is 2.60 bits per heavy atom. The van der Waals surface area contributed by atoms with Crippen molar-refractivity contribution >= 4 is 0 Å². The predicted molar refractivity (Wildman–Crippen MR) is 61.8 cm³/mol. The van der Waals surface area contributed by atoms with Crippen molar-refractivity contribution in [3.8, 4) is 5.75 Å². The van der Waals surface area contributed by atoms with Crippen LogP contribution in [-0.2, 0) is 5.41 Å². The van der Waals surface area contributed by atoms with Crippen LogP contribution in [0.5, 0.6) is 5.75 Å². The standard InChI is InChI=1S/C13H19NO/c1-9(2)11-7-13(11,8-14)10-5-3-4-6-12(10)15/h3-6,9,11,15H,7-8,14H2,1-2H3. The van der Waals surface area contributed by atoms with Gasteiger partial charge in [0.15, 0.2) is 0 Å². The lowest BCUT2D eigenvalue weighted by molar-refractivity contribution is 0.437. The van der Waals surface area contributed by atoms with Crippen LogP contribution in [0.2, 0.25) is 0 Å². The third-order valence-corrected chi connectivity index (χ3v) is 3.74. The molecule has 0 spiro atoms. The summed E-state index contributed by atoms with van der Waals surface area (Å²) in [5.74, 6) is 1.65. The van der Waals surface area contributed by atoms with Crippen LogP contribution in [-0.4, -0.2) is 11.7 Å². The number of aromatic hydroxyl groups is 1. The molecular weight excluding hydrogens is 186 g/mol. The molecule has 0 heterocycles. The summed E-state index contributed by atoms with van der Waals surface area (Å²) >= 11 is 0. The maximum Gasteiger partial charge on any atom is 0.119 e. The number of para-hydroxylation sites is 1. The van der Waals surface area contributed by atoms with Crippen LogP contribution in [0.1, 0.15) is 25.8 Å². The fourth-order valence-corrected chi connectivity index (χ4v) is 2.76. The zero-order valence-corrected chi connectivity index (χ0v) is 9.40. The highest BCUT2D eigenvalue weighted by molar-refractivity contribution is 5.44. The Morgan fingerprint density at radius 2 is 2.13 bits per heavy atom. The molecule has 1 fully saturated rings. The van der Waals surface area contributed by atoms with E-state index in [1.807, 2.05) is 18.2 Å². The highest BCUT2D eigenvalue weighted by Gasteiger charge is 2.56. The van der Waals surface area contributed by atoms with Gasteiger partial charge >= 0.3 is 0 Å². The SMILES string of the molecule is CC(C)C1CC1(CN)c1ccccc1O. The van der Waals surface area contributed by atoms with Crippen molar-refractivity contribution in [3.05, 3.63) is 29.8 Å². The van der Waals surface area contributed by atoms with Crippen LogP contribution >= 0.6 is 0 Å².